The molecule has 0 aliphatic rings. The highest BCUT2D eigenvalue weighted by molar-refractivity contribution is 7.99. The Morgan fingerprint density at radius 3 is 2.56 bits per heavy atom. The van der Waals surface area contributed by atoms with Crippen molar-refractivity contribution in [1.29, 1.82) is 0 Å². The van der Waals surface area contributed by atoms with Crippen LogP contribution >= 0.6 is 11.8 Å². The van der Waals surface area contributed by atoms with Gasteiger partial charge in [-0.15, -0.1) is 0 Å². The Kier molecular flexibility index (Phi) is 5.50. The van der Waals surface area contributed by atoms with Gasteiger partial charge in [-0.3, -0.25) is 9.59 Å². The third-order valence-corrected chi connectivity index (χ3v) is 4.54. The molecular formula is C19H18N2O3S. The molecule has 0 unspecified atom stereocenters. The van der Waals surface area contributed by atoms with Crippen molar-refractivity contribution in [1.82, 2.24) is 10.3 Å². The first kappa shape index (κ1) is 17.2. The summed E-state index contributed by atoms with van der Waals surface area (Å²) in [5.41, 5.74) is 2.46. The number of hydrogen-bond donors (Lipinski definition) is 1. The van der Waals surface area contributed by atoms with Crippen LogP contribution in [0, 0.1) is 0 Å². The van der Waals surface area contributed by atoms with Crippen LogP contribution in [-0.2, 0) is 16.0 Å². The minimum Gasteiger partial charge on any atom is -0.431 e. The second kappa shape index (κ2) is 7.98. The van der Waals surface area contributed by atoms with E-state index in [1.165, 1.54) is 18.7 Å². The van der Waals surface area contributed by atoms with Gasteiger partial charge in [-0.25, -0.2) is 4.98 Å². The molecule has 25 heavy (non-hydrogen) atoms. The summed E-state index contributed by atoms with van der Waals surface area (Å²) in [5.74, 6) is -0.141. The molecule has 1 heterocycles. The molecule has 0 saturated carbocycles. The van der Waals surface area contributed by atoms with Gasteiger partial charge in [-0.1, -0.05) is 54.2 Å². The summed E-state index contributed by atoms with van der Waals surface area (Å²) in [4.78, 5) is 28.3. The number of nitrogens with one attached hydrogen (secondary N) is 1. The van der Waals surface area contributed by atoms with Crippen molar-refractivity contribution in [3.05, 3.63) is 60.2 Å². The summed E-state index contributed by atoms with van der Waals surface area (Å²) in [6, 6.07) is 16.5. The lowest BCUT2D eigenvalue weighted by Crippen LogP contribution is -2.42. The molecule has 0 aliphatic heterocycles. The van der Waals surface area contributed by atoms with Crippen LogP contribution in [-0.4, -0.2) is 28.5 Å². The quantitative estimate of drug-likeness (QED) is 0.660. The Labute approximate surface area is 149 Å². The van der Waals surface area contributed by atoms with E-state index in [0.29, 0.717) is 17.2 Å². The van der Waals surface area contributed by atoms with Crippen LogP contribution in [0.15, 0.2) is 64.2 Å². The number of thioether (sulfide) groups is 1. The zero-order valence-corrected chi connectivity index (χ0v) is 14.6. The molecule has 1 atom stereocenters. The van der Waals surface area contributed by atoms with Crippen LogP contribution < -0.4 is 5.32 Å². The van der Waals surface area contributed by atoms with Crippen molar-refractivity contribution in [2.24, 2.45) is 0 Å². The second-order valence-electron chi connectivity index (χ2n) is 5.66. The van der Waals surface area contributed by atoms with Crippen LogP contribution in [0.25, 0.3) is 11.1 Å². The van der Waals surface area contributed by atoms with Crippen LogP contribution in [0.3, 0.4) is 0 Å². The first-order valence-corrected chi connectivity index (χ1v) is 8.92. The molecule has 1 aromatic heterocycles. The van der Waals surface area contributed by atoms with Gasteiger partial charge in [0.2, 0.25) is 5.91 Å². The number of amides is 1. The molecular weight excluding hydrogens is 336 g/mol. The number of Topliss-reactive ketones (excluding diaryl/α,β-unsaturated/α-hetero) is 1. The summed E-state index contributed by atoms with van der Waals surface area (Å²) in [6.45, 7) is 1.49. The van der Waals surface area contributed by atoms with Gasteiger partial charge in [0.15, 0.2) is 11.4 Å². The van der Waals surface area contributed by atoms with E-state index < -0.39 is 6.04 Å². The summed E-state index contributed by atoms with van der Waals surface area (Å²) < 4.78 is 5.57. The molecule has 0 saturated heterocycles. The fraction of sp³-hybridized carbons (Fsp3) is 0.211. The number of para-hydroxylation sites is 2. The van der Waals surface area contributed by atoms with Crippen LogP contribution in [0.5, 0.6) is 0 Å². The number of ketones is 1. The third kappa shape index (κ3) is 4.70. The minimum atomic E-state index is -0.529. The molecule has 128 valence electrons. The average molecular weight is 354 g/mol. The standard InChI is InChI=1S/C19H18N2O3S/c1-13(22)16(11-14-7-3-2-4-8-14)20-18(23)12-25-19-21-15-9-5-6-10-17(15)24-19/h2-10,16H,11-12H2,1H3,(H,20,23)/t16-/m0/s1. The third-order valence-electron chi connectivity index (χ3n) is 3.71. The van der Waals surface area contributed by atoms with Gasteiger partial charge in [-0.2, -0.15) is 0 Å². The van der Waals surface area contributed by atoms with Gasteiger partial charge in [0.1, 0.15) is 5.52 Å². The molecule has 2 aromatic carbocycles. The number of benzene rings is 2. The van der Waals surface area contributed by atoms with E-state index in [1.807, 2.05) is 54.6 Å². The second-order valence-corrected chi connectivity index (χ2v) is 6.58. The van der Waals surface area contributed by atoms with Crippen LogP contribution in [0.4, 0.5) is 0 Å². The summed E-state index contributed by atoms with van der Waals surface area (Å²) in [5, 5.41) is 3.23. The number of carbonyl (C=O) groups is 2. The van der Waals surface area contributed by atoms with Crippen LogP contribution in [0.2, 0.25) is 0 Å². The molecule has 0 radical (unpaired) electrons. The molecule has 0 bridgehead atoms. The Bertz CT molecular complexity index is 844. The van der Waals surface area contributed by atoms with E-state index in [-0.39, 0.29) is 17.4 Å². The van der Waals surface area contributed by atoms with E-state index in [0.717, 1.165) is 11.1 Å². The number of fused-ring (bicyclic) bond motifs is 1. The molecule has 6 heteroatoms. The first-order valence-electron chi connectivity index (χ1n) is 7.94. The van der Waals surface area contributed by atoms with E-state index in [4.69, 9.17) is 4.42 Å². The SMILES string of the molecule is CC(=O)[C@H](Cc1ccccc1)NC(=O)CSc1nc2ccccc2o1. The lowest BCUT2D eigenvalue weighted by Gasteiger charge is -2.15. The van der Waals surface area contributed by atoms with Gasteiger partial charge in [-0.05, 0) is 31.0 Å². The molecule has 3 aromatic rings. The number of rotatable bonds is 7. The number of nitrogens with zero attached hydrogens (tertiary/aromatic N) is 1. The Hall–Kier alpha value is -2.60. The Balaban J connectivity index is 1.57. The smallest absolute Gasteiger partial charge is 0.257 e. The molecule has 1 amide bonds. The van der Waals surface area contributed by atoms with Crippen molar-refractivity contribution in [2.75, 3.05) is 5.75 Å². The molecule has 1 N–H and O–H groups in total. The fourth-order valence-electron chi connectivity index (χ4n) is 2.42. The predicted molar refractivity (Wildman–Crippen MR) is 97.5 cm³/mol. The van der Waals surface area contributed by atoms with Crippen molar-refractivity contribution in [3.63, 3.8) is 0 Å². The van der Waals surface area contributed by atoms with Crippen molar-refractivity contribution in [3.8, 4) is 0 Å². The minimum absolute atomic E-state index is 0.0657. The summed E-state index contributed by atoms with van der Waals surface area (Å²) >= 11 is 1.21. The molecule has 0 spiro atoms. The number of aromatic nitrogens is 1. The van der Waals surface area contributed by atoms with Crippen molar-refractivity contribution in [2.45, 2.75) is 24.6 Å². The monoisotopic (exact) mass is 354 g/mol. The maximum Gasteiger partial charge on any atom is 0.257 e. The van der Waals surface area contributed by atoms with Crippen molar-refractivity contribution < 1.29 is 14.0 Å². The highest BCUT2D eigenvalue weighted by atomic mass is 32.2. The van der Waals surface area contributed by atoms with Gasteiger partial charge < -0.3 is 9.73 Å². The largest absolute Gasteiger partial charge is 0.431 e. The van der Waals surface area contributed by atoms with E-state index >= 15 is 0 Å². The van der Waals surface area contributed by atoms with Gasteiger partial charge in [0.25, 0.3) is 5.22 Å². The normalized spacial score (nSPS) is 12.0. The lowest BCUT2D eigenvalue weighted by molar-refractivity contribution is -0.125. The highest BCUT2D eigenvalue weighted by Crippen LogP contribution is 2.22. The average Bonchev–Trinajstić information content (AvgIpc) is 3.03. The van der Waals surface area contributed by atoms with Gasteiger partial charge in [0.05, 0.1) is 11.8 Å². The lowest BCUT2D eigenvalue weighted by atomic mass is 10.0. The molecule has 3 rings (SSSR count). The maximum atomic E-state index is 12.2. The van der Waals surface area contributed by atoms with E-state index in [2.05, 4.69) is 10.3 Å². The highest BCUT2D eigenvalue weighted by Gasteiger charge is 2.18. The Morgan fingerprint density at radius 1 is 1.12 bits per heavy atom. The van der Waals surface area contributed by atoms with Gasteiger partial charge in [0, 0.05) is 0 Å². The molecule has 0 aliphatic carbocycles. The van der Waals surface area contributed by atoms with E-state index in [1.54, 1.807) is 0 Å². The first-order chi connectivity index (χ1) is 12.1. The number of hydrogen-bond acceptors (Lipinski definition) is 5. The summed E-state index contributed by atoms with van der Waals surface area (Å²) in [6.07, 6.45) is 0.482. The Morgan fingerprint density at radius 2 is 1.84 bits per heavy atom. The zero-order chi connectivity index (χ0) is 17.6. The topological polar surface area (TPSA) is 72.2 Å². The number of oxazole rings is 1. The van der Waals surface area contributed by atoms with Crippen molar-refractivity contribution >= 4 is 34.6 Å². The van der Waals surface area contributed by atoms with Gasteiger partial charge >= 0.3 is 0 Å². The fourth-order valence-corrected chi connectivity index (χ4v) is 3.07. The maximum absolute atomic E-state index is 12.2. The van der Waals surface area contributed by atoms with E-state index in [9.17, 15) is 9.59 Å². The zero-order valence-electron chi connectivity index (χ0n) is 13.8. The predicted octanol–water partition coefficient (Wildman–Crippen LogP) is 3.24. The molecule has 0 fully saturated rings. The molecule has 5 nitrogen and oxygen atoms in total. The summed E-state index contributed by atoms with van der Waals surface area (Å²) in [7, 11) is 0. The number of carbonyl (C=O) groups excluding carboxylic acids is 2. The van der Waals surface area contributed by atoms with Crippen LogP contribution in [0.1, 0.15) is 12.5 Å².